The smallest absolute Gasteiger partial charge is 0.257 e. The number of hydrogen-bond acceptors (Lipinski definition) is 2. The quantitative estimate of drug-likeness (QED) is 0.637. The fourth-order valence-electron chi connectivity index (χ4n) is 0.822. The van der Waals surface area contributed by atoms with Crippen molar-refractivity contribution >= 4 is 0 Å². The van der Waals surface area contributed by atoms with E-state index in [0.29, 0.717) is 0 Å². The third kappa shape index (κ3) is 3.78. The number of rotatable bonds is 4. The molecule has 0 aromatic rings. The summed E-state index contributed by atoms with van der Waals surface area (Å²) in [4.78, 5) is 0. The van der Waals surface area contributed by atoms with Gasteiger partial charge in [0, 0.05) is 6.04 Å². The monoisotopic (exact) mass is 178 g/mol. The standard InChI is InChI=1S/C8H16F2N2/c1-3-6(11)5(2)4-7(12)8(9)10/h4,6-8H,3,11-12H2,1-2H3. The minimum atomic E-state index is -2.51. The van der Waals surface area contributed by atoms with Crippen LogP contribution in [0.25, 0.3) is 0 Å². The Morgan fingerprint density at radius 1 is 1.42 bits per heavy atom. The van der Waals surface area contributed by atoms with Gasteiger partial charge < -0.3 is 11.5 Å². The lowest BCUT2D eigenvalue weighted by atomic mass is 10.1. The summed E-state index contributed by atoms with van der Waals surface area (Å²) in [5.74, 6) is 0. The third-order valence-corrected chi connectivity index (χ3v) is 1.77. The van der Waals surface area contributed by atoms with Gasteiger partial charge in [0.15, 0.2) is 0 Å². The highest BCUT2D eigenvalue weighted by Gasteiger charge is 2.13. The lowest BCUT2D eigenvalue weighted by Gasteiger charge is -2.12. The van der Waals surface area contributed by atoms with Crippen LogP contribution in [-0.2, 0) is 0 Å². The van der Waals surface area contributed by atoms with Gasteiger partial charge in [0.25, 0.3) is 6.43 Å². The van der Waals surface area contributed by atoms with Crippen molar-refractivity contribution in [1.29, 1.82) is 0 Å². The van der Waals surface area contributed by atoms with Crippen molar-refractivity contribution in [3.8, 4) is 0 Å². The molecule has 4 heteroatoms. The molecule has 0 bridgehead atoms. The van der Waals surface area contributed by atoms with E-state index in [1.165, 1.54) is 6.08 Å². The van der Waals surface area contributed by atoms with Crippen molar-refractivity contribution in [3.63, 3.8) is 0 Å². The van der Waals surface area contributed by atoms with Crippen LogP contribution in [0.5, 0.6) is 0 Å². The minimum Gasteiger partial charge on any atom is -0.324 e. The zero-order chi connectivity index (χ0) is 9.72. The molecule has 12 heavy (non-hydrogen) atoms. The van der Waals surface area contributed by atoms with Gasteiger partial charge in [0.05, 0.1) is 6.04 Å². The Bertz CT molecular complexity index is 157. The van der Waals surface area contributed by atoms with Gasteiger partial charge in [-0.05, 0) is 13.3 Å². The van der Waals surface area contributed by atoms with Crippen LogP contribution in [0, 0.1) is 0 Å². The maximum atomic E-state index is 11.9. The Morgan fingerprint density at radius 2 is 1.92 bits per heavy atom. The molecule has 2 atom stereocenters. The van der Waals surface area contributed by atoms with Crippen LogP contribution in [0.15, 0.2) is 11.6 Å². The molecule has 0 heterocycles. The molecule has 0 fully saturated rings. The summed E-state index contributed by atoms with van der Waals surface area (Å²) >= 11 is 0. The van der Waals surface area contributed by atoms with E-state index in [2.05, 4.69) is 0 Å². The Morgan fingerprint density at radius 3 is 2.25 bits per heavy atom. The molecule has 0 aliphatic rings. The van der Waals surface area contributed by atoms with E-state index in [-0.39, 0.29) is 6.04 Å². The van der Waals surface area contributed by atoms with E-state index < -0.39 is 12.5 Å². The number of halogens is 2. The van der Waals surface area contributed by atoms with Gasteiger partial charge in [0.1, 0.15) is 0 Å². The van der Waals surface area contributed by atoms with Crippen LogP contribution in [0.3, 0.4) is 0 Å². The van der Waals surface area contributed by atoms with Crippen molar-refractivity contribution < 1.29 is 8.78 Å². The van der Waals surface area contributed by atoms with Crippen molar-refractivity contribution in [2.24, 2.45) is 11.5 Å². The summed E-state index contributed by atoms with van der Waals surface area (Å²) < 4.78 is 23.9. The predicted molar refractivity (Wildman–Crippen MR) is 46.0 cm³/mol. The van der Waals surface area contributed by atoms with Crippen LogP contribution in [0.1, 0.15) is 20.3 Å². The molecule has 0 spiro atoms. The molecule has 0 saturated carbocycles. The Labute approximate surface area is 71.6 Å². The largest absolute Gasteiger partial charge is 0.324 e. The highest BCUT2D eigenvalue weighted by Crippen LogP contribution is 2.07. The summed E-state index contributed by atoms with van der Waals surface area (Å²) in [5, 5.41) is 0. The average molecular weight is 178 g/mol. The van der Waals surface area contributed by atoms with E-state index in [9.17, 15) is 8.78 Å². The van der Waals surface area contributed by atoms with Crippen molar-refractivity contribution in [2.75, 3.05) is 0 Å². The SMILES string of the molecule is CCC(N)C(C)=CC(N)C(F)F. The second kappa shape index (κ2) is 5.22. The zero-order valence-electron chi connectivity index (χ0n) is 7.43. The Balaban J connectivity index is 4.14. The van der Waals surface area contributed by atoms with Gasteiger partial charge in [-0.3, -0.25) is 0 Å². The van der Waals surface area contributed by atoms with Crippen molar-refractivity contribution in [3.05, 3.63) is 11.6 Å². The Hall–Kier alpha value is -0.480. The van der Waals surface area contributed by atoms with Gasteiger partial charge in [-0.25, -0.2) is 8.78 Å². The topological polar surface area (TPSA) is 52.0 Å². The second-order valence-corrected chi connectivity index (χ2v) is 2.84. The van der Waals surface area contributed by atoms with Crippen LogP contribution in [0.4, 0.5) is 8.78 Å². The van der Waals surface area contributed by atoms with E-state index in [1.807, 2.05) is 6.92 Å². The van der Waals surface area contributed by atoms with E-state index in [1.54, 1.807) is 6.92 Å². The Kier molecular flexibility index (Phi) is 5.01. The summed E-state index contributed by atoms with van der Waals surface area (Å²) in [7, 11) is 0. The molecule has 0 rings (SSSR count). The molecule has 0 aliphatic carbocycles. The number of hydrogen-bond donors (Lipinski definition) is 2. The highest BCUT2D eigenvalue weighted by atomic mass is 19.3. The van der Waals surface area contributed by atoms with Gasteiger partial charge in [-0.1, -0.05) is 18.6 Å². The molecule has 0 radical (unpaired) electrons. The molecule has 0 aromatic heterocycles. The van der Waals surface area contributed by atoms with E-state index in [4.69, 9.17) is 11.5 Å². The maximum Gasteiger partial charge on any atom is 0.257 e. The van der Waals surface area contributed by atoms with E-state index in [0.717, 1.165) is 12.0 Å². The fourth-order valence-corrected chi connectivity index (χ4v) is 0.822. The molecule has 0 amide bonds. The first-order chi connectivity index (χ1) is 5.49. The fraction of sp³-hybridized carbons (Fsp3) is 0.750. The molecular formula is C8H16F2N2. The van der Waals surface area contributed by atoms with E-state index >= 15 is 0 Å². The van der Waals surface area contributed by atoms with Gasteiger partial charge in [0.2, 0.25) is 0 Å². The molecule has 4 N–H and O–H groups in total. The summed E-state index contributed by atoms with van der Waals surface area (Å²) in [6, 6.07) is -1.35. The number of nitrogens with two attached hydrogens (primary N) is 2. The van der Waals surface area contributed by atoms with Gasteiger partial charge >= 0.3 is 0 Å². The lowest BCUT2D eigenvalue weighted by Crippen LogP contribution is -2.29. The second-order valence-electron chi connectivity index (χ2n) is 2.84. The van der Waals surface area contributed by atoms with Crippen LogP contribution in [-0.4, -0.2) is 18.5 Å². The normalized spacial score (nSPS) is 18.1. The number of alkyl halides is 2. The summed E-state index contributed by atoms with van der Waals surface area (Å²) in [5.41, 5.74) is 11.5. The lowest BCUT2D eigenvalue weighted by molar-refractivity contribution is 0.133. The third-order valence-electron chi connectivity index (χ3n) is 1.77. The van der Waals surface area contributed by atoms with Crippen molar-refractivity contribution in [2.45, 2.75) is 38.8 Å². The summed E-state index contributed by atoms with van der Waals surface area (Å²) in [6.45, 7) is 3.62. The molecule has 0 aliphatic heterocycles. The molecule has 2 unspecified atom stereocenters. The maximum absolute atomic E-state index is 11.9. The van der Waals surface area contributed by atoms with Gasteiger partial charge in [-0.2, -0.15) is 0 Å². The van der Waals surface area contributed by atoms with Crippen LogP contribution >= 0.6 is 0 Å². The first kappa shape index (κ1) is 11.5. The summed E-state index contributed by atoms with van der Waals surface area (Å²) in [6.07, 6.45) is -0.444. The first-order valence-corrected chi connectivity index (χ1v) is 3.96. The zero-order valence-corrected chi connectivity index (χ0v) is 7.43. The first-order valence-electron chi connectivity index (χ1n) is 3.96. The molecule has 0 saturated heterocycles. The van der Waals surface area contributed by atoms with Crippen LogP contribution < -0.4 is 11.5 Å². The molecular weight excluding hydrogens is 162 g/mol. The predicted octanol–water partition coefficient (Wildman–Crippen LogP) is 1.26. The molecule has 72 valence electrons. The minimum absolute atomic E-state index is 0.158. The molecule has 2 nitrogen and oxygen atoms in total. The van der Waals surface area contributed by atoms with Gasteiger partial charge in [-0.15, -0.1) is 0 Å². The van der Waals surface area contributed by atoms with Crippen LogP contribution in [0.2, 0.25) is 0 Å². The van der Waals surface area contributed by atoms with Crippen molar-refractivity contribution in [1.82, 2.24) is 0 Å². The average Bonchev–Trinajstić information content (AvgIpc) is 2.02. The molecule has 0 aromatic carbocycles. The highest BCUT2D eigenvalue weighted by molar-refractivity contribution is 5.10.